The van der Waals surface area contributed by atoms with Crippen LogP contribution in [0.4, 0.5) is 0 Å². The van der Waals surface area contributed by atoms with Gasteiger partial charge in [0, 0.05) is 13.1 Å². The van der Waals surface area contributed by atoms with Crippen LogP contribution in [0.15, 0.2) is 30.3 Å². The summed E-state index contributed by atoms with van der Waals surface area (Å²) < 4.78 is 0. The minimum Gasteiger partial charge on any atom is -0.387 e. The number of hydrogen-bond acceptors (Lipinski definition) is 3. The molecule has 1 fully saturated rings. The fourth-order valence-corrected chi connectivity index (χ4v) is 2.18. The largest absolute Gasteiger partial charge is 0.387 e. The average molecular weight is 248 g/mol. The van der Waals surface area contributed by atoms with Crippen molar-refractivity contribution in [2.75, 3.05) is 13.1 Å². The van der Waals surface area contributed by atoms with Gasteiger partial charge in [-0.25, -0.2) is 0 Å². The van der Waals surface area contributed by atoms with Crippen LogP contribution in [0.5, 0.6) is 0 Å². The first kappa shape index (κ1) is 13.1. The molecule has 1 amide bonds. The molecule has 0 spiro atoms. The fraction of sp³-hybridized carbons (Fsp3) is 0.500. The highest BCUT2D eigenvalue weighted by Crippen LogP contribution is 2.12. The van der Waals surface area contributed by atoms with Crippen LogP contribution in [0, 0.1) is 0 Å². The first-order valence-corrected chi connectivity index (χ1v) is 6.51. The van der Waals surface area contributed by atoms with Gasteiger partial charge in [-0.15, -0.1) is 0 Å². The number of nitrogens with one attached hydrogen (secondary N) is 2. The van der Waals surface area contributed by atoms with E-state index < -0.39 is 6.10 Å². The molecule has 0 bridgehead atoms. The van der Waals surface area contributed by atoms with Gasteiger partial charge in [0.05, 0.1) is 12.1 Å². The van der Waals surface area contributed by atoms with Gasteiger partial charge in [0.15, 0.2) is 0 Å². The van der Waals surface area contributed by atoms with Gasteiger partial charge in [-0.3, -0.25) is 4.79 Å². The molecule has 98 valence electrons. The number of benzene rings is 1. The summed E-state index contributed by atoms with van der Waals surface area (Å²) in [4.78, 5) is 11.7. The zero-order valence-electron chi connectivity index (χ0n) is 10.4. The second kappa shape index (κ2) is 6.52. The Kier molecular flexibility index (Phi) is 4.73. The van der Waals surface area contributed by atoms with Gasteiger partial charge in [-0.1, -0.05) is 30.3 Å². The van der Waals surface area contributed by atoms with E-state index >= 15 is 0 Å². The van der Waals surface area contributed by atoms with E-state index in [4.69, 9.17) is 0 Å². The Balaban J connectivity index is 1.85. The number of rotatable bonds is 4. The predicted octanol–water partition coefficient (Wildman–Crippen LogP) is 0.978. The van der Waals surface area contributed by atoms with Gasteiger partial charge >= 0.3 is 0 Å². The number of aliphatic hydroxyl groups excluding tert-OH is 1. The highest BCUT2D eigenvalue weighted by Gasteiger charge is 2.20. The van der Waals surface area contributed by atoms with E-state index in [1.54, 1.807) is 0 Å². The lowest BCUT2D eigenvalue weighted by molar-refractivity contribution is -0.122. The summed E-state index contributed by atoms with van der Waals surface area (Å²) in [6.07, 6.45) is 2.35. The summed E-state index contributed by atoms with van der Waals surface area (Å²) in [5, 5.41) is 16.0. The maximum atomic E-state index is 11.7. The molecule has 1 aromatic rings. The second-order valence-corrected chi connectivity index (χ2v) is 4.67. The lowest BCUT2D eigenvalue weighted by Gasteiger charge is -2.18. The van der Waals surface area contributed by atoms with Gasteiger partial charge in [-0.05, 0) is 24.8 Å². The van der Waals surface area contributed by atoms with Gasteiger partial charge in [0.25, 0.3) is 0 Å². The Morgan fingerprint density at radius 2 is 2.11 bits per heavy atom. The molecular formula is C14H20N2O2. The first-order chi connectivity index (χ1) is 8.77. The van der Waals surface area contributed by atoms with Crippen molar-refractivity contribution in [1.29, 1.82) is 0 Å². The van der Waals surface area contributed by atoms with E-state index in [1.807, 2.05) is 30.3 Å². The maximum Gasteiger partial charge on any atom is 0.237 e. The van der Waals surface area contributed by atoms with Gasteiger partial charge < -0.3 is 15.7 Å². The van der Waals surface area contributed by atoms with Gasteiger partial charge in [-0.2, -0.15) is 0 Å². The molecule has 2 atom stereocenters. The van der Waals surface area contributed by atoms with E-state index in [0.717, 1.165) is 31.4 Å². The lowest BCUT2D eigenvalue weighted by Crippen LogP contribution is -2.44. The smallest absolute Gasteiger partial charge is 0.237 e. The van der Waals surface area contributed by atoms with Crippen LogP contribution in [0.25, 0.3) is 0 Å². The first-order valence-electron chi connectivity index (χ1n) is 6.51. The molecule has 1 aromatic carbocycles. The fourth-order valence-electron chi connectivity index (χ4n) is 2.18. The average Bonchev–Trinajstić information content (AvgIpc) is 2.62. The Hall–Kier alpha value is -1.39. The van der Waals surface area contributed by atoms with E-state index in [1.165, 1.54) is 0 Å². The minimum atomic E-state index is -0.567. The van der Waals surface area contributed by atoms with Crippen LogP contribution >= 0.6 is 0 Å². The number of amides is 1. The molecule has 1 unspecified atom stereocenters. The van der Waals surface area contributed by atoms with Gasteiger partial charge in [0.2, 0.25) is 5.91 Å². The quantitative estimate of drug-likeness (QED) is 0.744. The predicted molar refractivity (Wildman–Crippen MR) is 70.1 cm³/mol. The van der Waals surface area contributed by atoms with E-state index in [9.17, 15) is 9.90 Å². The molecule has 1 aliphatic heterocycles. The second-order valence-electron chi connectivity index (χ2n) is 4.67. The van der Waals surface area contributed by atoms with Crippen molar-refractivity contribution in [3.05, 3.63) is 35.9 Å². The van der Waals surface area contributed by atoms with E-state index in [2.05, 4.69) is 10.6 Å². The molecule has 0 saturated carbocycles. The van der Waals surface area contributed by atoms with E-state index in [-0.39, 0.29) is 11.9 Å². The normalized spacial score (nSPS) is 22.1. The third-order valence-corrected chi connectivity index (χ3v) is 3.28. The monoisotopic (exact) mass is 248 g/mol. The molecule has 1 saturated heterocycles. The number of carbonyl (C=O) groups excluding carboxylic acids is 1. The Morgan fingerprint density at radius 1 is 1.33 bits per heavy atom. The molecule has 3 N–H and O–H groups in total. The number of hydrogen-bond donors (Lipinski definition) is 3. The maximum absolute atomic E-state index is 11.7. The Labute approximate surface area is 107 Å². The van der Waals surface area contributed by atoms with Crippen molar-refractivity contribution in [2.45, 2.75) is 31.4 Å². The van der Waals surface area contributed by atoms with Crippen molar-refractivity contribution in [3.63, 3.8) is 0 Å². The van der Waals surface area contributed by atoms with Crippen molar-refractivity contribution >= 4 is 5.91 Å². The molecule has 0 radical (unpaired) electrons. The van der Waals surface area contributed by atoms with Crippen LogP contribution in [-0.2, 0) is 4.79 Å². The van der Waals surface area contributed by atoms with Crippen molar-refractivity contribution < 1.29 is 9.90 Å². The summed E-state index contributed by atoms with van der Waals surface area (Å²) >= 11 is 0. The summed E-state index contributed by atoms with van der Waals surface area (Å²) in [6.45, 7) is 1.17. The molecule has 4 nitrogen and oxygen atoms in total. The third-order valence-electron chi connectivity index (χ3n) is 3.28. The zero-order chi connectivity index (χ0) is 12.8. The topological polar surface area (TPSA) is 61.4 Å². The molecule has 0 aromatic heterocycles. The SMILES string of the molecule is O=C1NCCCCC1NC[C@@H](O)c1ccccc1. The number of aliphatic hydroxyl groups is 1. The standard InChI is InChI=1S/C14H20N2O2/c17-13(11-6-2-1-3-7-11)10-16-12-8-4-5-9-15-14(12)18/h1-3,6-7,12-13,16-17H,4-5,8-10H2,(H,15,18)/t12?,13-/m1/s1. The summed E-state index contributed by atoms with van der Waals surface area (Å²) in [5.41, 5.74) is 0.874. The van der Waals surface area contributed by atoms with E-state index in [0.29, 0.717) is 6.54 Å². The number of carbonyl (C=O) groups is 1. The van der Waals surface area contributed by atoms with Crippen LogP contribution in [0.1, 0.15) is 30.9 Å². The Bertz CT molecular complexity index is 381. The molecular weight excluding hydrogens is 228 g/mol. The molecule has 4 heteroatoms. The molecule has 2 rings (SSSR count). The summed E-state index contributed by atoms with van der Waals surface area (Å²) in [5.74, 6) is 0.0489. The van der Waals surface area contributed by atoms with Crippen molar-refractivity contribution in [1.82, 2.24) is 10.6 Å². The Morgan fingerprint density at radius 3 is 2.89 bits per heavy atom. The van der Waals surface area contributed by atoms with Crippen LogP contribution in [0.2, 0.25) is 0 Å². The van der Waals surface area contributed by atoms with Crippen LogP contribution in [-0.4, -0.2) is 30.1 Å². The summed E-state index contributed by atoms with van der Waals surface area (Å²) in [6, 6.07) is 9.32. The highest BCUT2D eigenvalue weighted by atomic mass is 16.3. The van der Waals surface area contributed by atoms with Crippen molar-refractivity contribution in [3.8, 4) is 0 Å². The minimum absolute atomic E-state index is 0.0489. The lowest BCUT2D eigenvalue weighted by atomic mass is 10.1. The molecule has 1 aliphatic rings. The molecule has 1 heterocycles. The van der Waals surface area contributed by atoms with Crippen LogP contribution < -0.4 is 10.6 Å². The van der Waals surface area contributed by atoms with Gasteiger partial charge in [0.1, 0.15) is 0 Å². The third kappa shape index (κ3) is 3.55. The molecule has 0 aliphatic carbocycles. The molecule has 18 heavy (non-hydrogen) atoms. The summed E-state index contributed by atoms with van der Waals surface area (Å²) in [7, 11) is 0. The highest BCUT2D eigenvalue weighted by molar-refractivity contribution is 5.81. The van der Waals surface area contributed by atoms with Crippen molar-refractivity contribution in [2.24, 2.45) is 0 Å². The zero-order valence-corrected chi connectivity index (χ0v) is 10.4. The van der Waals surface area contributed by atoms with Crippen LogP contribution in [0.3, 0.4) is 0 Å².